The van der Waals surface area contributed by atoms with Crippen LogP contribution in [0.4, 0.5) is 19.1 Å². The maximum Gasteiger partial charge on any atom is 0.433 e. The second-order valence-corrected chi connectivity index (χ2v) is 5.34. The molecule has 1 atom stereocenters. The third kappa shape index (κ3) is 3.59. The van der Waals surface area contributed by atoms with Crippen LogP contribution in [0.1, 0.15) is 25.0 Å². The number of piperidine rings is 1. The van der Waals surface area contributed by atoms with E-state index in [4.69, 9.17) is 0 Å². The minimum Gasteiger partial charge on any atom is -0.337 e. The van der Waals surface area contributed by atoms with E-state index in [9.17, 15) is 13.2 Å². The van der Waals surface area contributed by atoms with Crippen molar-refractivity contribution in [3.63, 3.8) is 0 Å². The molecule has 1 fully saturated rings. The van der Waals surface area contributed by atoms with Crippen LogP contribution in [0.3, 0.4) is 0 Å². The number of aromatic nitrogens is 2. The monoisotopic (exact) mass is 288 g/mol. The summed E-state index contributed by atoms with van der Waals surface area (Å²) >= 11 is 0. The molecule has 1 aliphatic heterocycles. The fourth-order valence-corrected chi connectivity index (χ4v) is 2.52. The minimum atomic E-state index is -4.43. The van der Waals surface area contributed by atoms with Crippen molar-refractivity contribution in [1.82, 2.24) is 14.9 Å². The average molecular weight is 288 g/mol. The zero-order valence-corrected chi connectivity index (χ0v) is 11.7. The molecule has 112 valence electrons. The number of likely N-dealkylation sites (N-methyl/N-ethyl adjacent to an activating group) is 1. The summed E-state index contributed by atoms with van der Waals surface area (Å²) in [4.78, 5) is 11.7. The summed E-state index contributed by atoms with van der Waals surface area (Å²) in [7, 11) is 3.92. The largest absolute Gasteiger partial charge is 0.433 e. The molecule has 0 aliphatic carbocycles. The Labute approximate surface area is 116 Å². The summed E-state index contributed by atoms with van der Waals surface area (Å²) in [5.41, 5.74) is -0.878. The Morgan fingerprint density at radius 1 is 1.35 bits per heavy atom. The molecule has 2 heterocycles. The maximum atomic E-state index is 12.7. The number of rotatable bonds is 3. The number of alkyl halides is 3. The van der Waals surface area contributed by atoms with Crippen LogP contribution < -0.4 is 4.90 Å². The molecule has 20 heavy (non-hydrogen) atoms. The Hall–Kier alpha value is -1.37. The molecule has 1 aromatic rings. The predicted molar refractivity (Wildman–Crippen MR) is 70.6 cm³/mol. The van der Waals surface area contributed by atoms with Crippen LogP contribution in [0.15, 0.2) is 12.3 Å². The first-order valence-corrected chi connectivity index (χ1v) is 6.69. The highest BCUT2D eigenvalue weighted by molar-refractivity contribution is 5.33. The lowest BCUT2D eigenvalue weighted by Gasteiger charge is -2.37. The predicted octanol–water partition coefficient (Wildman–Crippen LogP) is 2.42. The molecule has 0 saturated carbocycles. The Morgan fingerprint density at radius 3 is 2.75 bits per heavy atom. The van der Waals surface area contributed by atoms with E-state index in [0.717, 1.165) is 31.9 Å². The lowest BCUT2D eigenvalue weighted by Crippen LogP contribution is -2.46. The molecule has 1 saturated heterocycles. The average Bonchev–Trinajstić information content (AvgIpc) is 2.38. The maximum absolute atomic E-state index is 12.7. The first-order valence-electron chi connectivity index (χ1n) is 6.69. The normalized spacial score (nSPS) is 20.5. The van der Waals surface area contributed by atoms with Gasteiger partial charge in [-0.25, -0.2) is 9.97 Å². The number of hydrogen-bond donors (Lipinski definition) is 0. The van der Waals surface area contributed by atoms with Crippen molar-refractivity contribution in [2.24, 2.45) is 0 Å². The van der Waals surface area contributed by atoms with Gasteiger partial charge in [-0.1, -0.05) is 0 Å². The van der Waals surface area contributed by atoms with Crippen LogP contribution >= 0.6 is 0 Å². The number of anilines is 1. The van der Waals surface area contributed by atoms with E-state index >= 15 is 0 Å². The minimum absolute atomic E-state index is 0.169. The van der Waals surface area contributed by atoms with Gasteiger partial charge in [0, 0.05) is 25.3 Å². The molecule has 0 N–H and O–H groups in total. The Kier molecular flexibility index (Phi) is 4.47. The number of halogens is 3. The van der Waals surface area contributed by atoms with Crippen molar-refractivity contribution in [2.75, 3.05) is 32.1 Å². The molecule has 1 aliphatic rings. The molecular weight excluding hydrogens is 269 g/mol. The van der Waals surface area contributed by atoms with Gasteiger partial charge in [0.05, 0.1) is 0 Å². The molecule has 0 radical (unpaired) electrons. The fraction of sp³-hybridized carbons (Fsp3) is 0.692. The SMILES string of the molecule is CN(C)CC1CCCCN1c1nccc(C(F)(F)F)n1. The number of hydrogen-bond acceptors (Lipinski definition) is 4. The van der Waals surface area contributed by atoms with Gasteiger partial charge in [0.2, 0.25) is 5.95 Å². The second-order valence-electron chi connectivity index (χ2n) is 5.34. The lowest BCUT2D eigenvalue weighted by molar-refractivity contribution is -0.141. The topological polar surface area (TPSA) is 32.3 Å². The van der Waals surface area contributed by atoms with E-state index in [2.05, 4.69) is 9.97 Å². The summed E-state index contributed by atoms with van der Waals surface area (Å²) in [6.07, 6.45) is -0.230. The van der Waals surface area contributed by atoms with Gasteiger partial charge < -0.3 is 9.80 Å². The van der Waals surface area contributed by atoms with E-state index in [1.165, 1.54) is 6.20 Å². The van der Waals surface area contributed by atoms with Crippen LogP contribution in [0, 0.1) is 0 Å². The van der Waals surface area contributed by atoms with Gasteiger partial charge in [-0.05, 0) is 39.4 Å². The van der Waals surface area contributed by atoms with E-state index < -0.39 is 11.9 Å². The van der Waals surface area contributed by atoms with Gasteiger partial charge in [-0.3, -0.25) is 0 Å². The highest BCUT2D eigenvalue weighted by Gasteiger charge is 2.34. The van der Waals surface area contributed by atoms with Crippen LogP contribution in [-0.4, -0.2) is 48.1 Å². The zero-order valence-electron chi connectivity index (χ0n) is 11.7. The van der Waals surface area contributed by atoms with Crippen molar-refractivity contribution < 1.29 is 13.2 Å². The van der Waals surface area contributed by atoms with Crippen LogP contribution in [0.5, 0.6) is 0 Å². The Bertz CT molecular complexity index is 447. The molecule has 0 bridgehead atoms. The first-order chi connectivity index (χ1) is 9.38. The third-order valence-corrected chi connectivity index (χ3v) is 3.39. The van der Waals surface area contributed by atoms with Crippen molar-refractivity contribution in [3.05, 3.63) is 18.0 Å². The third-order valence-electron chi connectivity index (χ3n) is 3.39. The highest BCUT2D eigenvalue weighted by atomic mass is 19.4. The van der Waals surface area contributed by atoms with Gasteiger partial charge in [0.15, 0.2) is 0 Å². The Morgan fingerprint density at radius 2 is 2.10 bits per heavy atom. The standard InChI is InChI=1S/C13H19F3N4/c1-19(2)9-10-5-3-4-8-20(10)12-17-7-6-11(18-12)13(14,15)16/h6-7,10H,3-5,8-9H2,1-2H3. The summed E-state index contributed by atoms with van der Waals surface area (Å²) in [6, 6.07) is 1.08. The molecule has 4 nitrogen and oxygen atoms in total. The van der Waals surface area contributed by atoms with Crippen molar-refractivity contribution in [1.29, 1.82) is 0 Å². The van der Waals surface area contributed by atoms with Crippen LogP contribution in [0.25, 0.3) is 0 Å². The van der Waals surface area contributed by atoms with E-state index in [0.29, 0.717) is 6.54 Å². The van der Waals surface area contributed by atoms with Gasteiger partial charge in [-0.15, -0.1) is 0 Å². The molecule has 2 rings (SSSR count). The summed E-state index contributed by atoms with van der Waals surface area (Å²) in [5.74, 6) is 0.186. The molecule has 1 aromatic heterocycles. The molecule has 0 amide bonds. The molecule has 1 unspecified atom stereocenters. The zero-order chi connectivity index (χ0) is 14.8. The van der Waals surface area contributed by atoms with E-state index in [1.807, 2.05) is 23.9 Å². The number of nitrogens with zero attached hydrogens (tertiary/aromatic N) is 4. The second kappa shape index (κ2) is 5.95. The summed E-state index contributed by atoms with van der Waals surface area (Å²) in [5, 5.41) is 0. The van der Waals surface area contributed by atoms with Crippen LogP contribution in [-0.2, 0) is 6.18 Å². The van der Waals surface area contributed by atoms with Gasteiger partial charge >= 0.3 is 6.18 Å². The van der Waals surface area contributed by atoms with E-state index in [-0.39, 0.29) is 12.0 Å². The Balaban J connectivity index is 2.23. The van der Waals surface area contributed by atoms with Gasteiger partial charge in [0.1, 0.15) is 5.69 Å². The quantitative estimate of drug-likeness (QED) is 0.855. The van der Waals surface area contributed by atoms with Gasteiger partial charge in [-0.2, -0.15) is 13.2 Å². The van der Waals surface area contributed by atoms with Crippen molar-refractivity contribution in [3.8, 4) is 0 Å². The lowest BCUT2D eigenvalue weighted by atomic mass is 10.0. The molecule has 7 heteroatoms. The first kappa shape index (κ1) is 15.0. The van der Waals surface area contributed by atoms with Crippen molar-refractivity contribution >= 4 is 5.95 Å². The van der Waals surface area contributed by atoms with Crippen LogP contribution in [0.2, 0.25) is 0 Å². The molecule has 0 spiro atoms. The summed E-state index contributed by atoms with van der Waals surface area (Å²) < 4.78 is 38.2. The molecular formula is C13H19F3N4. The summed E-state index contributed by atoms with van der Waals surface area (Å²) in [6.45, 7) is 1.50. The smallest absolute Gasteiger partial charge is 0.337 e. The highest BCUT2D eigenvalue weighted by Crippen LogP contribution is 2.29. The molecule has 0 aromatic carbocycles. The van der Waals surface area contributed by atoms with Gasteiger partial charge in [0.25, 0.3) is 0 Å². The van der Waals surface area contributed by atoms with Crippen molar-refractivity contribution in [2.45, 2.75) is 31.5 Å². The fourth-order valence-electron chi connectivity index (χ4n) is 2.52. The van der Waals surface area contributed by atoms with E-state index in [1.54, 1.807) is 0 Å².